The minimum absolute atomic E-state index is 0.613. The molecule has 4 nitrogen and oxygen atoms in total. The van der Waals surface area contributed by atoms with E-state index in [4.69, 9.17) is 5.73 Å². The van der Waals surface area contributed by atoms with Gasteiger partial charge >= 0.3 is 0 Å². The number of fused-ring (bicyclic) bond motifs is 1. The van der Waals surface area contributed by atoms with Gasteiger partial charge in [0.25, 0.3) is 0 Å². The van der Waals surface area contributed by atoms with Gasteiger partial charge in [0, 0.05) is 5.38 Å². The van der Waals surface area contributed by atoms with Crippen molar-refractivity contribution < 1.29 is 0 Å². The van der Waals surface area contributed by atoms with E-state index in [2.05, 4.69) is 20.6 Å². The molecule has 17 heavy (non-hydrogen) atoms. The van der Waals surface area contributed by atoms with Gasteiger partial charge in [-0.25, -0.2) is 9.97 Å². The number of thiazole rings is 1. The van der Waals surface area contributed by atoms with E-state index >= 15 is 0 Å². The van der Waals surface area contributed by atoms with E-state index in [1.54, 1.807) is 0 Å². The van der Waals surface area contributed by atoms with Crippen LogP contribution in [0, 0.1) is 6.92 Å². The number of benzene rings is 1. The Morgan fingerprint density at radius 3 is 2.88 bits per heavy atom. The summed E-state index contributed by atoms with van der Waals surface area (Å²) in [5.41, 5.74) is 8.78. The van der Waals surface area contributed by atoms with Crippen LogP contribution >= 0.6 is 11.3 Å². The highest BCUT2D eigenvalue weighted by Crippen LogP contribution is 2.18. The molecule has 5 heteroatoms. The highest BCUT2D eigenvalue weighted by molar-refractivity contribution is 7.13. The Hall–Kier alpha value is -1.88. The maximum Gasteiger partial charge on any atom is 0.180 e. The number of anilines is 1. The van der Waals surface area contributed by atoms with Gasteiger partial charge in [0.15, 0.2) is 5.13 Å². The molecule has 0 saturated heterocycles. The van der Waals surface area contributed by atoms with Gasteiger partial charge in [-0.05, 0) is 19.1 Å². The Kier molecular flexibility index (Phi) is 2.33. The molecule has 0 bridgehead atoms. The van der Waals surface area contributed by atoms with Crippen LogP contribution in [0.5, 0.6) is 0 Å². The summed E-state index contributed by atoms with van der Waals surface area (Å²) in [6, 6.07) is 8.12. The van der Waals surface area contributed by atoms with Gasteiger partial charge in [0.05, 0.1) is 23.3 Å². The van der Waals surface area contributed by atoms with Gasteiger partial charge in [0.2, 0.25) is 0 Å². The van der Waals surface area contributed by atoms with Crippen LogP contribution in [0.4, 0.5) is 5.13 Å². The first-order valence-corrected chi connectivity index (χ1v) is 6.24. The number of imidazole rings is 1. The molecule has 0 aliphatic rings. The van der Waals surface area contributed by atoms with E-state index in [1.807, 2.05) is 30.5 Å². The van der Waals surface area contributed by atoms with Gasteiger partial charge in [-0.15, -0.1) is 11.3 Å². The van der Waals surface area contributed by atoms with Crippen molar-refractivity contribution >= 4 is 27.5 Å². The molecule has 0 aliphatic heterocycles. The lowest BCUT2D eigenvalue weighted by Crippen LogP contribution is -2.02. The lowest BCUT2D eigenvalue weighted by molar-refractivity contribution is 0.770. The monoisotopic (exact) mass is 244 g/mol. The van der Waals surface area contributed by atoms with Crippen LogP contribution in [0.25, 0.3) is 11.0 Å². The molecule has 0 amide bonds. The van der Waals surface area contributed by atoms with Crippen LogP contribution in [0.1, 0.15) is 11.5 Å². The smallest absolute Gasteiger partial charge is 0.180 e. The Bertz CT molecular complexity index is 668. The molecule has 0 spiro atoms. The first-order valence-electron chi connectivity index (χ1n) is 5.36. The molecule has 2 aromatic heterocycles. The summed E-state index contributed by atoms with van der Waals surface area (Å²) in [6.45, 7) is 2.73. The number of nitrogen functional groups attached to an aromatic ring is 1. The summed E-state index contributed by atoms with van der Waals surface area (Å²) in [6.07, 6.45) is 0. The minimum atomic E-state index is 0.613. The highest BCUT2D eigenvalue weighted by Gasteiger charge is 2.08. The second-order valence-electron chi connectivity index (χ2n) is 3.91. The van der Waals surface area contributed by atoms with Gasteiger partial charge in [-0.3, -0.25) is 0 Å². The summed E-state index contributed by atoms with van der Waals surface area (Å²) in [5, 5.41) is 2.60. The standard InChI is InChI=1S/C12H12N4S/c1-8-14-10-4-2-3-5-11(10)16(8)6-9-7-17-12(13)15-9/h2-5,7H,6H2,1H3,(H2,13,15). The lowest BCUT2D eigenvalue weighted by Gasteiger charge is -2.03. The lowest BCUT2D eigenvalue weighted by atomic mass is 10.3. The molecular weight excluding hydrogens is 232 g/mol. The van der Waals surface area contributed by atoms with Crippen LogP contribution in [0.2, 0.25) is 0 Å². The summed E-state index contributed by atoms with van der Waals surface area (Å²) in [7, 11) is 0. The van der Waals surface area contributed by atoms with Crippen LogP contribution in [0.15, 0.2) is 29.6 Å². The molecule has 2 heterocycles. The van der Waals surface area contributed by atoms with E-state index in [1.165, 1.54) is 11.3 Å². The number of aromatic nitrogens is 3. The average molecular weight is 244 g/mol. The molecule has 0 radical (unpaired) electrons. The van der Waals surface area contributed by atoms with Crippen molar-refractivity contribution in [2.75, 3.05) is 5.73 Å². The first-order chi connectivity index (χ1) is 8.24. The third-order valence-corrected chi connectivity index (χ3v) is 3.46. The molecule has 1 aromatic carbocycles. The normalized spacial score (nSPS) is 11.1. The van der Waals surface area contributed by atoms with Crippen LogP contribution in [-0.4, -0.2) is 14.5 Å². The largest absolute Gasteiger partial charge is 0.375 e. The van der Waals surface area contributed by atoms with E-state index in [-0.39, 0.29) is 0 Å². The SMILES string of the molecule is Cc1nc2ccccc2n1Cc1csc(N)n1. The molecule has 86 valence electrons. The third-order valence-electron chi connectivity index (χ3n) is 2.74. The van der Waals surface area contributed by atoms with Crippen molar-refractivity contribution in [3.63, 3.8) is 0 Å². The Morgan fingerprint density at radius 1 is 1.29 bits per heavy atom. The zero-order valence-electron chi connectivity index (χ0n) is 9.42. The molecular formula is C12H12N4S. The number of nitrogens with two attached hydrogens (primary N) is 1. The molecule has 3 rings (SSSR count). The number of nitrogens with zero attached hydrogens (tertiary/aromatic N) is 3. The average Bonchev–Trinajstić information content (AvgIpc) is 2.85. The van der Waals surface area contributed by atoms with Crippen LogP contribution < -0.4 is 5.73 Å². The molecule has 0 saturated carbocycles. The van der Waals surface area contributed by atoms with Crippen molar-refractivity contribution in [1.29, 1.82) is 0 Å². The number of aryl methyl sites for hydroxylation is 1. The van der Waals surface area contributed by atoms with E-state index in [0.29, 0.717) is 5.13 Å². The maximum atomic E-state index is 5.64. The van der Waals surface area contributed by atoms with Crippen molar-refractivity contribution in [1.82, 2.24) is 14.5 Å². The minimum Gasteiger partial charge on any atom is -0.375 e. The van der Waals surface area contributed by atoms with E-state index in [0.717, 1.165) is 29.1 Å². The zero-order chi connectivity index (χ0) is 11.8. The van der Waals surface area contributed by atoms with Gasteiger partial charge < -0.3 is 10.3 Å². The molecule has 0 aliphatic carbocycles. The quantitative estimate of drug-likeness (QED) is 0.753. The van der Waals surface area contributed by atoms with Crippen molar-refractivity contribution in [3.05, 3.63) is 41.2 Å². The first kappa shape index (κ1) is 10.3. The fourth-order valence-electron chi connectivity index (χ4n) is 1.95. The summed E-state index contributed by atoms with van der Waals surface area (Å²) in [5.74, 6) is 0.998. The van der Waals surface area contributed by atoms with Crippen molar-refractivity contribution in [2.45, 2.75) is 13.5 Å². The maximum absolute atomic E-state index is 5.64. The summed E-state index contributed by atoms with van der Waals surface area (Å²) < 4.78 is 2.16. The van der Waals surface area contributed by atoms with Crippen LogP contribution in [-0.2, 0) is 6.54 Å². The Balaban J connectivity index is 2.08. The van der Waals surface area contributed by atoms with Crippen molar-refractivity contribution in [2.24, 2.45) is 0 Å². The third kappa shape index (κ3) is 1.78. The molecule has 3 aromatic rings. The predicted molar refractivity (Wildman–Crippen MR) is 70.1 cm³/mol. The number of hydrogen-bond acceptors (Lipinski definition) is 4. The second kappa shape index (κ2) is 3.85. The molecule has 0 atom stereocenters. The number of rotatable bonds is 2. The fraction of sp³-hybridized carbons (Fsp3) is 0.167. The topological polar surface area (TPSA) is 56.7 Å². The summed E-state index contributed by atoms with van der Waals surface area (Å²) >= 11 is 1.47. The Labute approximate surface area is 103 Å². The molecule has 0 fully saturated rings. The number of para-hydroxylation sites is 2. The van der Waals surface area contributed by atoms with Gasteiger partial charge in [-0.2, -0.15) is 0 Å². The highest BCUT2D eigenvalue weighted by atomic mass is 32.1. The van der Waals surface area contributed by atoms with E-state index in [9.17, 15) is 0 Å². The van der Waals surface area contributed by atoms with Gasteiger partial charge in [0.1, 0.15) is 5.82 Å². The Morgan fingerprint density at radius 2 is 2.12 bits per heavy atom. The number of hydrogen-bond donors (Lipinski definition) is 1. The van der Waals surface area contributed by atoms with E-state index < -0.39 is 0 Å². The van der Waals surface area contributed by atoms with Gasteiger partial charge in [-0.1, -0.05) is 12.1 Å². The molecule has 2 N–H and O–H groups in total. The zero-order valence-corrected chi connectivity index (χ0v) is 10.2. The van der Waals surface area contributed by atoms with Crippen LogP contribution in [0.3, 0.4) is 0 Å². The molecule has 0 unspecified atom stereocenters. The van der Waals surface area contributed by atoms with Crippen molar-refractivity contribution in [3.8, 4) is 0 Å². The predicted octanol–water partition coefficient (Wildman–Crippen LogP) is 2.43. The summed E-state index contributed by atoms with van der Waals surface area (Å²) in [4.78, 5) is 8.80. The second-order valence-corrected chi connectivity index (χ2v) is 4.80. The fourth-order valence-corrected chi connectivity index (χ4v) is 2.51.